The molecule has 0 saturated heterocycles. The highest BCUT2D eigenvalue weighted by molar-refractivity contribution is 7.89. The van der Waals surface area contributed by atoms with Gasteiger partial charge >= 0.3 is 0 Å². The number of nitrogens with zero attached hydrogens (tertiary/aromatic N) is 1. The molecule has 7 heteroatoms. The quantitative estimate of drug-likeness (QED) is 0.564. The number of nitrogens with one attached hydrogen (secondary N) is 1. The number of halogens is 1. The molecule has 0 spiro atoms. The molecular formula is C25H27FN2O3S. The van der Waals surface area contributed by atoms with Gasteiger partial charge in [0.25, 0.3) is 5.91 Å². The van der Waals surface area contributed by atoms with Gasteiger partial charge in [-0.05, 0) is 75.2 Å². The molecule has 0 radical (unpaired) electrons. The summed E-state index contributed by atoms with van der Waals surface area (Å²) in [6, 6.07) is 16.3. The Labute approximate surface area is 188 Å². The topological polar surface area (TPSA) is 66.5 Å². The first kappa shape index (κ1) is 23.6. The molecule has 3 aromatic rings. The van der Waals surface area contributed by atoms with Crippen molar-refractivity contribution in [1.29, 1.82) is 0 Å². The van der Waals surface area contributed by atoms with Crippen molar-refractivity contribution in [1.82, 2.24) is 4.72 Å². The van der Waals surface area contributed by atoms with Crippen molar-refractivity contribution >= 4 is 21.6 Å². The predicted molar refractivity (Wildman–Crippen MR) is 125 cm³/mol. The lowest BCUT2D eigenvalue weighted by molar-refractivity contribution is 0.0987. The number of sulfonamides is 1. The Morgan fingerprint density at radius 1 is 0.875 bits per heavy atom. The van der Waals surface area contributed by atoms with E-state index in [9.17, 15) is 17.6 Å². The number of rotatable bonds is 7. The molecule has 1 N–H and O–H groups in total. The fraction of sp³-hybridized carbons (Fsp3) is 0.240. The minimum atomic E-state index is -3.77. The average Bonchev–Trinajstić information content (AvgIpc) is 2.71. The van der Waals surface area contributed by atoms with E-state index in [4.69, 9.17) is 0 Å². The van der Waals surface area contributed by atoms with Gasteiger partial charge in [-0.25, -0.2) is 17.5 Å². The Bertz CT molecular complexity index is 1200. The van der Waals surface area contributed by atoms with Crippen LogP contribution in [0, 0.1) is 33.5 Å². The summed E-state index contributed by atoms with van der Waals surface area (Å²) in [5.41, 5.74) is 4.30. The second kappa shape index (κ2) is 9.63. The molecule has 168 valence electrons. The number of amides is 1. The van der Waals surface area contributed by atoms with E-state index < -0.39 is 15.8 Å². The summed E-state index contributed by atoms with van der Waals surface area (Å²) in [7, 11) is -3.77. The summed E-state index contributed by atoms with van der Waals surface area (Å²) >= 11 is 0. The molecule has 0 aliphatic heterocycles. The lowest BCUT2D eigenvalue weighted by Crippen LogP contribution is -2.39. The van der Waals surface area contributed by atoms with Gasteiger partial charge in [0.05, 0.1) is 4.90 Å². The molecule has 0 atom stereocenters. The number of aryl methyl sites for hydroxylation is 4. The van der Waals surface area contributed by atoms with Crippen LogP contribution in [-0.4, -0.2) is 27.4 Å². The van der Waals surface area contributed by atoms with Gasteiger partial charge in [0.2, 0.25) is 10.0 Å². The molecule has 0 saturated carbocycles. The van der Waals surface area contributed by atoms with Crippen LogP contribution in [0.15, 0.2) is 65.6 Å². The van der Waals surface area contributed by atoms with Crippen molar-refractivity contribution < 1.29 is 17.6 Å². The Kier molecular flexibility index (Phi) is 7.11. The molecule has 0 heterocycles. The molecule has 0 bridgehead atoms. The summed E-state index contributed by atoms with van der Waals surface area (Å²) in [6.45, 7) is 7.46. The first-order valence-corrected chi connectivity index (χ1v) is 11.8. The van der Waals surface area contributed by atoms with E-state index >= 15 is 0 Å². The fourth-order valence-electron chi connectivity index (χ4n) is 3.78. The standard InChI is InChI=1S/C25H27FN2O3S/c1-17-5-7-21(8-6-17)25(29)28(23-11-9-22(26)10-12-23)14-13-27-32(30,31)24-19(3)15-18(2)16-20(24)4/h5-12,15-16,27H,13-14H2,1-4H3. The SMILES string of the molecule is Cc1ccc(C(=O)N(CCNS(=O)(=O)c2c(C)cc(C)cc2C)c2ccc(F)cc2)cc1. The Morgan fingerprint density at radius 2 is 1.44 bits per heavy atom. The van der Waals surface area contributed by atoms with Gasteiger partial charge in [-0.2, -0.15) is 0 Å². The third-order valence-corrected chi connectivity index (χ3v) is 6.95. The van der Waals surface area contributed by atoms with Crippen LogP contribution in [0.1, 0.15) is 32.6 Å². The van der Waals surface area contributed by atoms with E-state index in [0.29, 0.717) is 22.4 Å². The van der Waals surface area contributed by atoms with Crippen molar-refractivity contribution in [3.63, 3.8) is 0 Å². The molecular weight excluding hydrogens is 427 g/mol. The molecule has 0 aromatic heterocycles. The molecule has 1 amide bonds. The van der Waals surface area contributed by atoms with Gasteiger partial charge in [0, 0.05) is 24.3 Å². The number of carbonyl (C=O) groups is 1. The van der Waals surface area contributed by atoms with E-state index in [-0.39, 0.29) is 23.9 Å². The highest BCUT2D eigenvalue weighted by atomic mass is 32.2. The zero-order valence-electron chi connectivity index (χ0n) is 18.6. The number of hydrogen-bond acceptors (Lipinski definition) is 3. The van der Waals surface area contributed by atoms with Gasteiger partial charge in [-0.1, -0.05) is 35.4 Å². The van der Waals surface area contributed by atoms with Gasteiger partial charge < -0.3 is 4.90 Å². The van der Waals surface area contributed by atoms with Crippen molar-refractivity contribution in [3.05, 3.63) is 94.3 Å². The molecule has 0 fully saturated rings. The van der Waals surface area contributed by atoms with E-state index in [2.05, 4.69) is 4.72 Å². The van der Waals surface area contributed by atoms with Crippen LogP contribution in [0.5, 0.6) is 0 Å². The zero-order chi connectivity index (χ0) is 23.5. The van der Waals surface area contributed by atoms with Gasteiger partial charge in [0.1, 0.15) is 5.82 Å². The summed E-state index contributed by atoms with van der Waals surface area (Å²) in [5, 5.41) is 0. The second-order valence-corrected chi connectivity index (χ2v) is 9.63. The van der Waals surface area contributed by atoms with Crippen LogP contribution in [0.4, 0.5) is 10.1 Å². The van der Waals surface area contributed by atoms with Crippen molar-refractivity contribution in [2.75, 3.05) is 18.0 Å². The molecule has 0 aliphatic carbocycles. The van der Waals surface area contributed by atoms with Crippen LogP contribution in [0.2, 0.25) is 0 Å². The van der Waals surface area contributed by atoms with Crippen molar-refractivity contribution in [2.45, 2.75) is 32.6 Å². The molecule has 5 nitrogen and oxygen atoms in total. The Hall–Kier alpha value is -3.03. The molecule has 3 rings (SSSR count). The van der Waals surface area contributed by atoms with Crippen LogP contribution >= 0.6 is 0 Å². The molecule has 32 heavy (non-hydrogen) atoms. The first-order chi connectivity index (χ1) is 15.1. The van der Waals surface area contributed by atoms with Gasteiger partial charge in [-0.3, -0.25) is 4.79 Å². The van der Waals surface area contributed by atoms with E-state index in [1.807, 2.05) is 38.1 Å². The zero-order valence-corrected chi connectivity index (χ0v) is 19.5. The van der Waals surface area contributed by atoms with E-state index in [1.54, 1.807) is 26.0 Å². The van der Waals surface area contributed by atoms with Crippen molar-refractivity contribution in [3.8, 4) is 0 Å². The summed E-state index contributed by atoms with van der Waals surface area (Å²) in [5.74, 6) is -0.707. The second-order valence-electron chi connectivity index (χ2n) is 7.92. The maximum atomic E-state index is 13.4. The predicted octanol–water partition coefficient (Wildman–Crippen LogP) is 4.68. The number of hydrogen-bond donors (Lipinski definition) is 1. The lowest BCUT2D eigenvalue weighted by Gasteiger charge is -2.23. The number of benzene rings is 3. The van der Waals surface area contributed by atoms with Crippen molar-refractivity contribution in [2.24, 2.45) is 0 Å². The van der Waals surface area contributed by atoms with Crippen LogP contribution < -0.4 is 9.62 Å². The largest absolute Gasteiger partial charge is 0.307 e. The third-order valence-electron chi connectivity index (χ3n) is 5.18. The molecule has 3 aromatic carbocycles. The highest BCUT2D eigenvalue weighted by Gasteiger charge is 2.22. The minimum Gasteiger partial charge on any atom is -0.307 e. The Morgan fingerprint density at radius 3 is 2.00 bits per heavy atom. The van der Waals surface area contributed by atoms with E-state index in [0.717, 1.165) is 11.1 Å². The average molecular weight is 455 g/mol. The normalized spacial score (nSPS) is 11.4. The number of carbonyl (C=O) groups excluding carboxylic acids is 1. The minimum absolute atomic E-state index is 0.00404. The summed E-state index contributed by atoms with van der Waals surface area (Å²) < 4.78 is 42.0. The first-order valence-electron chi connectivity index (χ1n) is 10.3. The lowest BCUT2D eigenvalue weighted by atomic mass is 10.1. The highest BCUT2D eigenvalue weighted by Crippen LogP contribution is 2.22. The fourth-order valence-corrected chi connectivity index (χ4v) is 5.25. The van der Waals surface area contributed by atoms with Gasteiger partial charge in [0.15, 0.2) is 0 Å². The van der Waals surface area contributed by atoms with Crippen LogP contribution in [0.25, 0.3) is 0 Å². The summed E-state index contributed by atoms with van der Waals surface area (Å²) in [6.07, 6.45) is 0. The third kappa shape index (κ3) is 5.41. The molecule has 0 aliphatic rings. The monoisotopic (exact) mass is 454 g/mol. The smallest absolute Gasteiger partial charge is 0.258 e. The van der Waals surface area contributed by atoms with Crippen LogP contribution in [-0.2, 0) is 10.0 Å². The van der Waals surface area contributed by atoms with Crippen LogP contribution in [0.3, 0.4) is 0 Å². The number of anilines is 1. The summed E-state index contributed by atoms with van der Waals surface area (Å²) in [4.78, 5) is 14.9. The molecule has 0 unspecified atom stereocenters. The maximum absolute atomic E-state index is 13.4. The Balaban J connectivity index is 1.83. The maximum Gasteiger partial charge on any atom is 0.258 e. The van der Waals surface area contributed by atoms with E-state index in [1.165, 1.54) is 29.2 Å². The van der Waals surface area contributed by atoms with Gasteiger partial charge in [-0.15, -0.1) is 0 Å².